The maximum atomic E-state index is 9.95. The van der Waals surface area contributed by atoms with E-state index in [1.807, 2.05) is 0 Å². The molecular formula is C19H21N3O4. The summed E-state index contributed by atoms with van der Waals surface area (Å²) in [5, 5.41) is 47.7. The molecule has 1 fully saturated rings. The lowest BCUT2D eigenvalue weighted by Gasteiger charge is -2.16. The maximum absolute atomic E-state index is 9.95. The topological polar surface area (TPSA) is 133 Å². The summed E-state index contributed by atoms with van der Waals surface area (Å²) in [6.45, 7) is -1.24. The smallest absolute Gasteiger partial charge is 0.134 e. The summed E-state index contributed by atoms with van der Waals surface area (Å²) in [7, 11) is 0. The molecule has 1 aromatic carbocycles. The van der Waals surface area contributed by atoms with E-state index in [1.165, 1.54) is 6.21 Å². The van der Waals surface area contributed by atoms with Crippen LogP contribution in [-0.4, -0.2) is 38.4 Å². The first-order valence-electron chi connectivity index (χ1n) is 8.43. The standard InChI is InChI=1S/C19H21N3O4/c20-5-16-18(11-1-2-11)19(17(22-16)6-21-10-26)13-4-3-12(7-23)14(8-24)15(13)9-25/h3-4,6,11,22-26H,1-2,7-10H2/b21-6+. The number of hydrogen-bond donors (Lipinski definition) is 5. The molecule has 0 saturated heterocycles. The van der Waals surface area contributed by atoms with Gasteiger partial charge in [0.25, 0.3) is 0 Å². The van der Waals surface area contributed by atoms with Crippen molar-refractivity contribution in [1.29, 1.82) is 5.26 Å². The van der Waals surface area contributed by atoms with E-state index in [-0.39, 0.29) is 32.5 Å². The van der Waals surface area contributed by atoms with E-state index in [1.54, 1.807) is 12.1 Å². The number of hydrogen-bond acceptors (Lipinski definition) is 6. The lowest BCUT2D eigenvalue weighted by atomic mass is 9.89. The highest BCUT2D eigenvalue weighted by molar-refractivity contribution is 5.93. The molecule has 0 spiro atoms. The van der Waals surface area contributed by atoms with Gasteiger partial charge in [-0.2, -0.15) is 5.26 Å². The summed E-state index contributed by atoms with van der Waals surface area (Å²) < 4.78 is 0. The minimum absolute atomic E-state index is 0.242. The Morgan fingerprint density at radius 1 is 1.12 bits per heavy atom. The number of aromatic nitrogens is 1. The van der Waals surface area contributed by atoms with Gasteiger partial charge >= 0.3 is 0 Å². The molecule has 0 radical (unpaired) electrons. The third-order valence-electron chi connectivity index (χ3n) is 4.75. The van der Waals surface area contributed by atoms with Gasteiger partial charge in [0, 0.05) is 11.8 Å². The highest BCUT2D eigenvalue weighted by Gasteiger charge is 2.33. The second kappa shape index (κ2) is 7.81. The Balaban J connectivity index is 2.31. The molecular weight excluding hydrogens is 334 g/mol. The molecule has 136 valence electrons. The summed E-state index contributed by atoms with van der Waals surface area (Å²) in [6, 6.07) is 5.67. The van der Waals surface area contributed by atoms with Crippen LogP contribution in [0.25, 0.3) is 11.1 Å². The third-order valence-corrected chi connectivity index (χ3v) is 4.75. The number of aromatic amines is 1. The Labute approximate surface area is 150 Å². The summed E-state index contributed by atoms with van der Waals surface area (Å²) in [5.74, 6) is 0.258. The van der Waals surface area contributed by atoms with Crippen LogP contribution in [0.3, 0.4) is 0 Å². The molecule has 2 aromatic rings. The maximum Gasteiger partial charge on any atom is 0.134 e. The van der Waals surface area contributed by atoms with E-state index >= 15 is 0 Å². The molecule has 0 aliphatic heterocycles. The first-order chi connectivity index (χ1) is 12.7. The van der Waals surface area contributed by atoms with Crippen LogP contribution in [0.4, 0.5) is 0 Å². The van der Waals surface area contributed by atoms with Gasteiger partial charge in [0.15, 0.2) is 0 Å². The molecule has 0 amide bonds. The average molecular weight is 355 g/mol. The lowest BCUT2D eigenvalue weighted by Crippen LogP contribution is -2.04. The first-order valence-corrected chi connectivity index (χ1v) is 8.43. The summed E-state index contributed by atoms with van der Waals surface area (Å²) in [6.07, 6.45) is 3.43. The average Bonchev–Trinajstić information content (AvgIpc) is 3.45. The number of benzene rings is 1. The molecule has 1 aliphatic carbocycles. The van der Waals surface area contributed by atoms with Crippen LogP contribution in [0.5, 0.6) is 0 Å². The number of nitrogens with one attached hydrogen (secondary N) is 1. The zero-order valence-electron chi connectivity index (χ0n) is 14.2. The summed E-state index contributed by atoms with van der Waals surface area (Å²) in [4.78, 5) is 6.92. The molecule has 7 heteroatoms. The van der Waals surface area contributed by atoms with Crippen molar-refractivity contribution in [3.8, 4) is 17.2 Å². The van der Waals surface area contributed by atoms with E-state index in [4.69, 9.17) is 5.11 Å². The Bertz CT molecular complexity index is 876. The second-order valence-electron chi connectivity index (χ2n) is 6.25. The predicted molar refractivity (Wildman–Crippen MR) is 95.4 cm³/mol. The van der Waals surface area contributed by atoms with Gasteiger partial charge in [-0.1, -0.05) is 12.1 Å². The Morgan fingerprint density at radius 3 is 2.38 bits per heavy atom. The molecule has 0 atom stereocenters. The number of nitriles is 1. The van der Waals surface area contributed by atoms with Gasteiger partial charge in [0.2, 0.25) is 0 Å². The highest BCUT2D eigenvalue weighted by atomic mass is 16.3. The van der Waals surface area contributed by atoms with E-state index in [2.05, 4.69) is 16.0 Å². The molecule has 5 N–H and O–H groups in total. The molecule has 7 nitrogen and oxygen atoms in total. The number of rotatable bonds is 7. The molecule has 1 heterocycles. The number of nitrogens with zero attached hydrogens (tertiary/aromatic N) is 2. The van der Waals surface area contributed by atoms with Crippen LogP contribution in [0.15, 0.2) is 17.1 Å². The number of aliphatic hydroxyl groups excluding tert-OH is 4. The van der Waals surface area contributed by atoms with Gasteiger partial charge in [0.05, 0.1) is 25.5 Å². The summed E-state index contributed by atoms with van der Waals surface area (Å²) in [5.41, 5.74) is 4.90. The van der Waals surface area contributed by atoms with Crippen LogP contribution in [0, 0.1) is 11.3 Å². The SMILES string of the molecule is N#Cc1[nH]c(/C=N/CO)c(-c2ccc(CO)c(CO)c2CO)c1C1CC1. The van der Waals surface area contributed by atoms with Crippen molar-refractivity contribution in [2.24, 2.45) is 4.99 Å². The van der Waals surface area contributed by atoms with E-state index < -0.39 is 0 Å². The van der Waals surface area contributed by atoms with Gasteiger partial charge in [0.1, 0.15) is 18.5 Å². The monoisotopic (exact) mass is 355 g/mol. The molecule has 0 unspecified atom stereocenters. The highest BCUT2D eigenvalue weighted by Crippen LogP contribution is 2.48. The molecule has 1 aliphatic rings. The van der Waals surface area contributed by atoms with Crippen molar-refractivity contribution in [3.63, 3.8) is 0 Å². The van der Waals surface area contributed by atoms with E-state index in [0.29, 0.717) is 33.6 Å². The van der Waals surface area contributed by atoms with Gasteiger partial charge in [-0.05, 0) is 46.6 Å². The fourth-order valence-electron chi connectivity index (χ4n) is 3.42. The van der Waals surface area contributed by atoms with Crippen molar-refractivity contribution >= 4 is 6.21 Å². The first kappa shape index (κ1) is 18.3. The Kier molecular flexibility index (Phi) is 5.49. The third kappa shape index (κ3) is 3.16. The van der Waals surface area contributed by atoms with E-state index in [0.717, 1.165) is 24.0 Å². The molecule has 1 aromatic heterocycles. The van der Waals surface area contributed by atoms with Crippen molar-refractivity contribution in [1.82, 2.24) is 4.98 Å². The van der Waals surface area contributed by atoms with Crippen LogP contribution < -0.4 is 0 Å². The van der Waals surface area contributed by atoms with Crippen molar-refractivity contribution < 1.29 is 20.4 Å². The normalized spacial score (nSPS) is 14.1. The van der Waals surface area contributed by atoms with Crippen LogP contribution in [0.1, 0.15) is 52.4 Å². The van der Waals surface area contributed by atoms with Gasteiger partial charge in [-0.25, -0.2) is 0 Å². The number of aliphatic hydroxyl groups is 4. The molecule has 3 rings (SSSR count). The van der Waals surface area contributed by atoms with Crippen molar-refractivity contribution in [2.45, 2.75) is 38.6 Å². The van der Waals surface area contributed by atoms with Crippen molar-refractivity contribution in [3.05, 3.63) is 45.8 Å². The quantitative estimate of drug-likeness (QED) is 0.477. The van der Waals surface area contributed by atoms with Crippen LogP contribution >= 0.6 is 0 Å². The van der Waals surface area contributed by atoms with E-state index in [9.17, 15) is 20.6 Å². The number of H-pyrrole nitrogens is 1. The minimum Gasteiger partial charge on any atom is -0.392 e. The van der Waals surface area contributed by atoms with Crippen LogP contribution in [0.2, 0.25) is 0 Å². The van der Waals surface area contributed by atoms with Crippen molar-refractivity contribution in [2.75, 3.05) is 6.73 Å². The fourth-order valence-corrected chi connectivity index (χ4v) is 3.42. The molecule has 0 bridgehead atoms. The van der Waals surface area contributed by atoms with Gasteiger partial charge in [-0.15, -0.1) is 0 Å². The number of aliphatic imine (C=N–C) groups is 1. The largest absolute Gasteiger partial charge is 0.392 e. The minimum atomic E-state index is -0.378. The van der Waals surface area contributed by atoms with Crippen LogP contribution in [-0.2, 0) is 19.8 Å². The zero-order valence-corrected chi connectivity index (χ0v) is 14.2. The summed E-state index contributed by atoms with van der Waals surface area (Å²) >= 11 is 0. The van der Waals surface area contributed by atoms with Gasteiger partial charge < -0.3 is 25.4 Å². The Hall–Kier alpha value is -2.50. The zero-order chi connectivity index (χ0) is 18.7. The second-order valence-corrected chi connectivity index (χ2v) is 6.25. The lowest BCUT2D eigenvalue weighted by molar-refractivity contribution is 0.248. The Morgan fingerprint density at radius 2 is 1.85 bits per heavy atom. The molecule has 26 heavy (non-hydrogen) atoms. The predicted octanol–water partition coefficient (Wildman–Crippen LogP) is 1.28. The van der Waals surface area contributed by atoms with Gasteiger partial charge in [-0.3, -0.25) is 4.99 Å². The fraction of sp³-hybridized carbons (Fsp3) is 0.368. The molecule has 1 saturated carbocycles.